The molecule has 1 heterocycles. The van der Waals surface area contributed by atoms with Crippen LogP contribution >= 0.6 is 11.6 Å². The molecule has 0 aliphatic rings. The SMILES string of the molecule is O=C(CCOc1ccccc1)NCC(c1ccccc1Cl)c1c[nH]c2ccccc12. The Morgan fingerprint density at radius 3 is 2.50 bits per heavy atom. The van der Waals surface area contributed by atoms with Gasteiger partial charge in [-0.2, -0.15) is 0 Å². The highest BCUT2D eigenvalue weighted by molar-refractivity contribution is 6.31. The van der Waals surface area contributed by atoms with Crippen LogP contribution in [-0.4, -0.2) is 24.0 Å². The fraction of sp³-hybridized carbons (Fsp3) is 0.160. The molecule has 0 fully saturated rings. The van der Waals surface area contributed by atoms with E-state index in [1.54, 1.807) is 0 Å². The molecule has 3 aromatic carbocycles. The lowest BCUT2D eigenvalue weighted by molar-refractivity contribution is -0.121. The van der Waals surface area contributed by atoms with Gasteiger partial charge in [0.05, 0.1) is 13.0 Å². The average Bonchev–Trinajstić information content (AvgIpc) is 3.20. The molecule has 2 N–H and O–H groups in total. The van der Waals surface area contributed by atoms with E-state index in [9.17, 15) is 4.79 Å². The van der Waals surface area contributed by atoms with E-state index in [0.29, 0.717) is 18.2 Å². The molecule has 0 aliphatic heterocycles. The first-order valence-electron chi connectivity index (χ1n) is 9.97. The summed E-state index contributed by atoms with van der Waals surface area (Å²) in [6.45, 7) is 0.787. The number of benzene rings is 3. The number of amides is 1. The van der Waals surface area contributed by atoms with Crippen LogP contribution < -0.4 is 10.1 Å². The van der Waals surface area contributed by atoms with Crippen molar-refractivity contribution >= 4 is 28.4 Å². The summed E-state index contributed by atoms with van der Waals surface area (Å²) in [4.78, 5) is 15.8. The molecule has 4 rings (SSSR count). The molecule has 152 valence electrons. The molecule has 1 amide bonds. The molecule has 5 heteroatoms. The van der Waals surface area contributed by atoms with Gasteiger partial charge < -0.3 is 15.0 Å². The summed E-state index contributed by atoms with van der Waals surface area (Å²) >= 11 is 6.51. The van der Waals surface area contributed by atoms with Crippen molar-refractivity contribution in [3.8, 4) is 5.75 Å². The molecular weight excluding hydrogens is 396 g/mol. The van der Waals surface area contributed by atoms with E-state index in [1.165, 1.54) is 0 Å². The molecule has 0 spiro atoms. The van der Waals surface area contributed by atoms with Gasteiger partial charge in [0.25, 0.3) is 0 Å². The van der Waals surface area contributed by atoms with E-state index in [4.69, 9.17) is 16.3 Å². The fourth-order valence-electron chi connectivity index (χ4n) is 3.61. The van der Waals surface area contributed by atoms with Crippen molar-refractivity contribution in [2.45, 2.75) is 12.3 Å². The molecule has 0 saturated carbocycles. The number of aromatic amines is 1. The lowest BCUT2D eigenvalue weighted by Gasteiger charge is -2.19. The highest BCUT2D eigenvalue weighted by Crippen LogP contribution is 2.34. The van der Waals surface area contributed by atoms with Crippen molar-refractivity contribution in [3.05, 3.63) is 101 Å². The quantitative estimate of drug-likeness (QED) is 0.394. The smallest absolute Gasteiger partial charge is 0.223 e. The van der Waals surface area contributed by atoms with Crippen molar-refractivity contribution in [1.29, 1.82) is 0 Å². The zero-order chi connectivity index (χ0) is 20.8. The van der Waals surface area contributed by atoms with Gasteiger partial charge in [-0.05, 0) is 35.4 Å². The number of para-hydroxylation sites is 2. The molecule has 0 saturated heterocycles. The van der Waals surface area contributed by atoms with Crippen LogP contribution in [-0.2, 0) is 4.79 Å². The summed E-state index contributed by atoms with van der Waals surface area (Å²) in [5.41, 5.74) is 3.16. The average molecular weight is 419 g/mol. The Balaban J connectivity index is 1.47. The number of nitrogens with one attached hydrogen (secondary N) is 2. The lowest BCUT2D eigenvalue weighted by atomic mass is 9.90. The molecule has 1 aromatic heterocycles. The number of rotatable bonds is 8. The van der Waals surface area contributed by atoms with Crippen LogP contribution in [0.3, 0.4) is 0 Å². The first-order valence-corrected chi connectivity index (χ1v) is 10.3. The van der Waals surface area contributed by atoms with Crippen molar-refractivity contribution in [2.75, 3.05) is 13.2 Å². The molecule has 0 bridgehead atoms. The van der Waals surface area contributed by atoms with Gasteiger partial charge in [-0.25, -0.2) is 0 Å². The van der Waals surface area contributed by atoms with Crippen LogP contribution in [0.2, 0.25) is 5.02 Å². The summed E-state index contributed by atoms with van der Waals surface area (Å²) in [6.07, 6.45) is 2.29. The Bertz CT molecular complexity index is 1120. The molecule has 1 atom stereocenters. The molecule has 4 aromatic rings. The Labute approximate surface area is 180 Å². The standard InChI is InChI=1S/C25H23ClN2O2/c26-23-12-6-4-10-19(23)21(22-16-27-24-13-7-5-11-20(22)24)17-28-25(29)14-15-30-18-8-2-1-3-9-18/h1-13,16,21,27H,14-15,17H2,(H,28,29). The number of carbonyl (C=O) groups excluding carboxylic acids is 1. The Hall–Kier alpha value is -3.24. The Morgan fingerprint density at radius 1 is 0.933 bits per heavy atom. The summed E-state index contributed by atoms with van der Waals surface area (Å²) < 4.78 is 5.63. The van der Waals surface area contributed by atoms with E-state index < -0.39 is 0 Å². The van der Waals surface area contributed by atoms with Crippen LogP contribution in [0.25, 0.3) is 10.9 Å². The number of hydrogen-bond donors (Lipinski definition) is 2. The Morgan fingerprint density at radius 2 is 1.67 bits per heavy atom. The fourth-order valence-corrected chi connectivity index (χ4v) is 3.88. The van der Waals surface area contributed by atoms with Crippen LogP contribution in [0.15, 0.2) is 85.1 Å². The normalized spacial score (nSPS) is 11.9. The predicted octanol–water partition coefficient (Wildman–Crippen LogP) is 5.54. The van der Waals surface area contributed by atoms with Gasteiger partial charge in [-0.3, -0.25) is 4.79 Å². The topological polar surface area (TPSA) is 54.1 Å². The second-order valence-corrected chi connectivity index (χ2v) is 7.49. The Kier molecular flexibility index (Phi) is 6.35. The monoisotopic (exact) mass is 418 g/mol. The summed E-state index contributed by atoms with van der Waals surface area (Å²) in [7, 11) is 0. The molecule has 4 nitrogen and oxygen atoms in total. The van der Waals surface area contributed by atoms with Gasteiger partial charge in [0, 0.05) is 34.6 Å². The number of halogens is 1. The number of ether oxygens (including phenoxy) is 1. The predicted molar refractivity (Wildman–Crippen MR) is 121 cm³/mol. The number of hydrogen-bond acceptors (Lipinski definition) is 2. The molecule has 0 radical (unpaired) electrons. The molecule has 0 aliphatic carbocycles. The van der Waals surface area contributed by atoms with Gasteiger partial charge in [0.2, 0.25) is 5.91 Å². The van der Waals surface area contributed by atoms with E-state index in [1.807, 2.05) is 79.0 Å². The maximum Gasteiger partial charge on any atom is 0.223 e. The number of fused-ring (bicyclic) bond motifs is 1. The zero-order valence-electron chi connectivity index (χ0n) is 16.5. The third-order valence-corrected chi connectivity index (χ3v) is 5.47. The minimum atomic E-state index is -0.0613. The van der Waals surface area contributed by atoms with E-state index >= 15 is 0 Å². The third-order valence-electron chi connectivity index (χ3n) is 5.12. The van der Waals surface area contributed by atoms with Crippen molar-refractivity contribution < 1.29 is 9.53 Å². The lowest BCUT2D eigenvalue weighted by Crippen LogP contribution is -2.30. The maximum absolute atomic E-state index is 12.5. The van der Waals surface area contributed by atoms with Gasteiger partial charge in [-0.15, -0.1) is 0 Å². The summed E-state index contributed by atoms with van der Waals surface area (Å²) in [5, 5.41) is 4.87. The van der Waals surface area contributed by atoms with Gasteiger partial charge in [-0.1, -0.05) is 66.2 Å². The minimum Gasteiger partial charge on any atom is -0.493 e. The van der Waals surface area contributed by atoms with Crippen molar-refractivity contribution in [2.24, 2.45) is 0 Å². The van der Waals surface area contributed by atoms with E-state index in [-0.39, 0.29) is 18.2 Å². The van der Waals surface area contributed by atoms with E-state index in [2.05, 4.69) is 16.4 Å². The third kappa shape index (κ3) is 4.66. The number of H-pyrrole nitrogens is 1. The van der Waals surface area contributed by atoms with Gasteiger partial charge >= 0.3 is 0 Å². The zero-order valence-corrected chi connectivity index (χ0v) is 17.2. The first kappa shape index (κ1) is 20.0. The summed E-state index contributed by atoms with van der Waals surface area (Å²) in [6, 6.07) is 25.4. The molecule has 30 heavy (non-hydrogen) atoms. The van der Waals surface area contributed by atoms with Crippen molar-refractivity contribution in [3.63, 3.8) is 0 Å². The number of aromatic nitrogens is 1. The first-order chi connectivity index (χ1) is 14.7. The highest BCUT2D eigenvalue weighted by atomic mass is 35.5. The van der Waals surface area contributed by atoms with Crippen LogP contribution in [0.1, 0.15) is 23.5 Å². The van der Waals surface area contributed by atoms with Gasteiger partial charge in [0.15, 0.2) is 0 Å². The molecule has 1 unspecified atom stereocenters. The largest absolute Gasteiger partial charge is 0.493 e. The highest BCUT2D eigenvalue weighted by Gasteiger charge is 2.21. The summed E-state index contributed by atoms with van der Waals surface area (Å²) in [5.74, 6) is 0.648. The second-order valence-electron chi connectivity index (χ2n) is 7.08. The minimum absolute atomic E-state index is 0.0529. The van der Waals surface area contributed by atoms with E-state index in [0.717, 1.165) is 27.8 Å². The van der Waals surface area contributed by atoms with Gasteiger partial charge in [0.1, 0.15) is 5.75 Å². The van der Waals surface area contributed by atoms with Crippen LogP contribution in [0.5, 0.6) is 5.75 Å². The maximum atomic E-state index is 12.5. The molecular formula is C25H23ClN2O2. The second kappa shape index (κ2) is 9.51. The van der Waals surface area contributed by atoms with Crippen molar-refractivity contribution in [1.82, 2.24) is 10.3 Å². The van der Waals surface area contributed by atoms with Crippen LogP contribution in [0.4, 0.5) is 0 Å². The van der Waals surface area contributed by atoms with Crippen LogP contribution in [0, 0.1) is 0 Å². The number of carbonyl (C=O) groups is 1.